The monoisotopic (exact) mass is 283 g/mol. The second-order valence-electron chi connectivity index (χ2n) is 4.59. The van der Waals surface area contributed by atoms with Crippen LogP contribution in [0.4, 0.5) is 0 Å². The lowest BCUT2D eigenvalue weighted by Gasteiger charge is -2.23. The van der Waals surface area contributed by atoms with Crippen molar-refractivity contribution in [3.63, 3.8) is 0 Å². The van der Waals surface area contributed by atoms with Crippen molar-refractivity contribution >= 4 is 15.6 Å². The molecule has 1 heterocycles. The maximum Gasteiger partial charge on any atom is 0.168 e. The molecule has 1 aromatic carbocycles. The lowest BCUT2D eigenvalue weighted by molar-refractivity contribution is 0.0969. The normalized spacial score (nSPS) is 21.8. The molecule has 0 saturated carbocycles. The van der Waals surface area contributed by atoms with Crippen LogP contribution in [0.2, 0.25) is 0 Å². The standard InChI is InChI=1S/C13H17NO4S/c1-18-13-5-3-2-4-11(13)12(15)8-10-9-19(16,17)7-6-14-10/h2-5,10,14H,6-9H2,1H3. The largest absolute Gasteiger partial charge is 0.496 e. The van der Waals surface area contributed by atoms with Crippen LogP contribution < -0.4 is 10.1 Å². The van der Waals surface area contributed by atoms with E-state index in [2.05, 4.69) is 5.32 Å². The summed E-state index contributed by atoms with van der Waals surface area (Å²) in [5.74, 6) is 0.582. The molecule has 5 nitrogen and oxygen atoms in total. The molecular weight excluding hydrogens is 266 g/mol. The number of ether oxygens (including phenoxy) is 1. The number of hydrogen-bond acceptors (Lipinski definition) is 5. The molecule has 0 spiro atoms. The van der Waals surface area contributed by atoms with Gasteiger partial charge in [-0.1, -0.05) is 12.1 Å². The van der Waals surface area contributed by atoms with E-state index in [0.717, 1.165) is 0 Å². The summed E-state index contributed by atoms with van der Waals surface area (Å²) in [5, 5.41) is 3.07. The topological polar surface area (TPSA) is 72.5 Å². The van der Waals surface area contributed by atoms with Crippen LogP contribution in [0, 0.1) is 0 Å². The molecule has 6 heteroatoms. The first-order chi connectivity index (χ1) is 9.02. The lowest BCUT2D eigenvalue weighted by Crippen LogP contribution is -2.46. The molecule has 2 rings (SSSR count). The maximum absolute atomic E-state index is 12.2. The van der Waals surface area contributed by atoms with Crippen LogP contribution in [0.25, 0.3) is 0 Å². The van der Waals surface area contributed by atoms with Crippen molar-refractivity contribution in [1.82, 2.24) is 5.32 Å². The molecule has 0 radical (unpaired) electrons. The molecule has 104 valence electrons. The Morgan fingerprint density at radius 2 is 2.16 bits per heavy atom. The minimum atomic E-state index is -3.02. The predicted octanol–water partition coefficient (Wildman–Crippen LogP) is 0.655. The first-order valence-corrected chi connectivity index (χ1v) is 7.94. The second-order valence-corrected chi connectivity index (χ2v) is 6.82. The summed E-state index contributed by atoms with van der Waals surface area (Å²) in [5.41, 5.74) is 0.495. The average Bonchev–Trinajstić information content (AvgIpc) is 2.37. The summed E-state index contributed by atoms with van der Waals surface area (Å²) < 4.78 is 28.2. The Morgan fingerprint density at radius 1 is 1.42 bits per heavy atom. The Hall–Kier alpha value is -1.40. The Kier molecular flexibility index (Phi) is 4.21. The number of carbonyl (C=O) groups is 1. The summed E-state index contributed by atoms with van der Waals surface area (Å²) in [7, 11) is -1.51. The van der Waals surface area contributed by atoms with Crippen LogP contribution in [0.3, 0.4) is 0 Å². The molecule has 0 aliphatic carbocycles. The fraction of sp³-hybridized carbons (Fsp3) is 0.462. The lowest BCUT2D eigenvalue weighted by atomic mass is 10.0. The van der Waals surface area contributed by atoms with Gasteiger partial charge in [0.05, 0.1) is 24.2 Å². The number of ketones is 1. The van der Waals surface area contributed by atoms with E-state index < -0.39 is 9.84 Å². The van der Waals surface area contributed by atoms with Crippen molar-refractivity contribution in [2.75, 3.05) is 25.2 Å². The summed E-state index contributed by atoms with van der Waals surface area (Å²) in [4.78, 5) is 12.2. The Morgan fingerprint density at radius 3 is 2.84 bits per heavy atom. The SMILES string of the molecule is COc1ccccc1C(=O)CC1CS(=O)(=O)CCN1. The second kappa shape index (κ2) is 5.71. The molecule has 0 amide bonds. The first-order valence-electron chi connectivity index (χ1n) is 6.12. The third-order valence-corrected chi connectivity index (χ3v) is 4.88. The van der Waals surface area contributed by atoms with Crippen LogP contribution in [0.5, 0.6) is 5.75 Å². The first kappa shape index (κ1) is 14.0. The van der Waals surface area contributed by atoms with Crippen LogP contribution in [0.15, 0.2) is 24.3 Å². The van der Waals surface area contributed by atoms with Gasteiger partial charge in [-0.2, -0.15) is 0 Å². The predicted molar refractivity (Wildman–Crippen MR) is 72.4 cm³/mol. The minimum Gasteiger partial charge on any atom is -0.496 e. The van der Waals surface area contributed by atoms with Gasteiger partial charge in [-0.15, -0.1) is 0 Å². The third kappa shape index (κ3) is 3.54. The van der Waals surface area contributed by atoms with Gasteiger partial charge in [0, 0.05) is 19.0 Å². The van der Waals surface area contributed by atoms with Crippen LogP contribution in [-0.2, 0) is 9.84 Å². The summed E-state index contributed by atoms with van der Waals surface area (Å²) in [6.07, 6.45) is 0.166. The van der Waals surface area contributed by atoms with E-state index >= 15 is 0 Å². The van der Waals surface area contributed by atoms with E-state index in [4.69, 9.17) is 4.74 Å². The van der Waals surface area contributed by atoms with Gasteiger partial charge in [-0.05, 0) is 12.1 Å². The average molecular weight is 283 g/mol. The molecule has 1 aromatic rings. The number of nitrogens with one attached hydrogen (secondary N) is 1. The van der Waals surface area contributed by atoms with Crippen LogP contribution >= 0.6 is 0 Å². The number of rotatable bonds is 4. The van der Waals surface area contributed by atoms with Crippen molar-refractivity contribution in [3.8, 4) is 5.75 Å². The van der Waals surface area contributed by atoms with Gasteiger partial charge in [-0.25, -0.2) is 8.42 Å². The highest BCUT2D eigenvalue weighted by Crippen LogP contribution is 2.20. The van der Waals surface area contributed by atoms with Gasteiger partial charge in [0.25, 0.3) is 0 Å². The quantitative estimate of drug-likeness (QED) is 0.822. The number of carbonyl (C=O) groups excluding carboxylic acids is 1. The van der Waals surface area contributed by atoms with Gasteiger partial charge in [0.1, 0.15) is 5.75 Å². The van der Waals surface area contributed by atoms with Crippen molar-refractivity contribution in [1.29, 1.82) is 0 Å². The van der Waals surface area contributed by atoms with E-state index in [1.54, 1.807) is 24.3 Å². The summed E-state index contributed by atoms with van der Waals surface area (Å²) in [6.45, 7) is 0.409. The summed E-state index contributed by atoms with van der Waals surface area (Å²) in [6, 6.07) is 6.66. The van der Waals surface area contributed by atoms with E-state index in [0.29, 0.717) is 17.9 Å². The zero-order valence-corrected chi connectivity index (χ0v) is 11.6. The van der Waals surface area contributed by atoms with Crippen molar-refractivity contribution < 1.29 is 17.9 Å². The number of Topliss-reactive ketones (excluding diaryl/α,β-unsaturated/α-hetero) is 1. The molecule has 1 aliphatic heterocycles. The summed E-state index contributed by atoms with van der Waals surface area (Å²) >= 11 is 0. The number of para-hydroxylation sites is 1. The smallest absolute Gasteiger partial charge is 0.168 e. The van der Waals surface area contributed by atoms with Crippen molar-refractivity contribution in [2.24, 2.45) is 0 Å². The third-order valence-electron chi connectivity index (χ3n) is 3.14. The highest BCUT2D eigenvalue weighted by molar-refractivity contribution is 7.91. The Balaban J connectivity index is 2.09. The van der Waals surface area contributed by atoms with E-state index in [9.17, 15) is 13.2 Å². The molecule has 19 heavy (non-hydrogen) atoms. The highest BCUT2D eigenvalue weighted by atomic mass is 32.2. The maximum atomic E-state index is 12.2. The van der Waals surface area contributed by atoms with Crippen LogP contribution in [-0.4, -0.2) is 45.4 Å². The van der Waals surface area contributed by atoms with E-state index in [1.165, 1.54) is 7.11 Å². The van der Waals surface area contributed by atoms with E-state index in [-0.39, 0.29) is 29.8 Å². The van der Waals surface area contributed by atoms with Gasteiger partial charge >= 0.3 is 0 Å². The molecule has 0 aromatic heterocycles. The molecule has 1 atom stereocenters. The Labute approximate surface area is 112 Å². The van der Waals surface area contributed by atoms with Gasteiger partial charge < -0.3 is 10.1 Å². The minimum absolute atomic E-state index is 0.0217. The molecule has 0 bridgehead atoms. The number of sulfone groups is 1. The zero-order valence-electron chi connectivity index (χ0n) is 10.8. The molecule has 1 aliphatic rings. The van der Waals surface area contributed by atoms with Crippen molar-refractivity contribution in [2.45, 2.75) is 12.5 Å². The number of benzene rings is 1. The fourth-order valence-electron chi connectivity index (χ4n) is 2.21. The number of methoxy groups -OCH3 is 1. The van der Waals surface area contributed by atoms with Crippen molar-refractivity contribution in [3.05, 3.63) is 29.8 Å². The van der Waals surface area contributed by atoms with E-state index in [1.807, 2.05) is 0 Å². The number of hydrogen-bond donors (Lipinski definition) is 1. The molecule has 1 fully saturated rings. The Bertz CT molecular complexity index is 568. The zero-order chi connectivity index (χ0) is 13.9. The highest BCUT2D eigenvalue weighted by Gasteiger charge is 2.26. The molecule has 1 unspecified atom stereocenters. The molecule has 1 N–H and O–H groups in total. The van der Waals surface area contributed by atoms with Gasteiger partial charge in [-0.3, -0.25) is 4.79 Å². The van der Waals surface area contributed by atoms with Gasteiger partial charge in [0.15, 0.2) is 15.6 Å². The molecule has 1 saturated heterocycles. The van der Waals surface area contributed by atoms with Gasteiger partial charge in [0.2, 0.25) is 0 Å². The fourth-order valence-corrected chi connectivity index (χ4v) is 3.65. The molecular formula is C13H17NO4S. The van der Waals surface area contributed by atoms with Crippen LogP contribution in [0.1, 0.15) is 16.8 Å².